The molecule has 2 atom stereocenters. The van der Waals surface area contributed by atoms with Crippen molar-refractivity contribution >= 4 is 11.8 Å². The fraction of sp³-hybridized carbons (Fsp3) is 0.467. The largest absolute Gasteiger partial charge is 0.426 e. The summed E-state index contributed by atoms with van der Waals surface area (Å²) >= 11 is 0. The number of carbonyl (C=O) groups is 2. The van der Waals surface area contributed by atoms with Gasteiger partial charge >= 0.3 is 5.97 Å². The molecule has 2 rings (SSSR count). The van der Waals surface area contributed by atoms with Gasteiger partial charge in [0.1, 0.15) is 11.5 Å². The molecule has 1 aromatic rings. The summed E-state index contributed by atoms with van der Waals surface area (Å²) in [7, 11) is 0. The monoisotopic (exact) mass is 246 g/mol. The van der Waals surface area contributed by atoms with E-state index in [1.807, 2.05) is 39.0 Å². The summed E-state index contributed by atoms with van der Waals surface area (Å²) in [6, 6.07) is 7.48. The number of para-hydroxylation sites is 1. The van der Waals surface area contributed by atoms with Crippen LogP contribution < -0.4 is 4.74 Å². The summed E-state index contributed by atoms with van der Waals surface area (Å²) in [5.74, 6) is 0.232. The summed E-state index contributed by atoms with van der Waals surface area (Å²) in [6.45, 7) is 5.61. The van der Waals surface area contributed by atoms with Gasteiger partial charge in [-0.2, -0.15) is 0 Å². The molecule has 1 heterocycles. The molecule has 96 valence electrons. The highest BCUT2D eigenvalue weighted by Crippen LogP contribution is 2.39. The maximum atomic E-state index is 11.9. The van der Waals surface area contributed by atoms with Gasteiger partial charge in [-0.15, -0.1) is 0 Å². The summed E-state index contributed by atoms with van der Waals surface area (Å²) in [4.78, 5) is 23.7. The molecule has 1 aliphatic heterocycles. The molecule has 0 saturated heterocycles. The molecule has 0 saturated carbocycles. The van der Waals surface area contributed by atoms with Crippen molar-refractivity contribution in [2.24, 2.45) is 11.8 Å². The molecule has 3 nitrogen and oxygen atoms in total. The van der Waals surface area contributed by atoms with Crippen molar-refractivity contribution < 1.29 is 14.3 Å². The molecule has 0 radical (unpaired) electrons. The number of hydrogen-bond acceptors (Lipinski definition) is 3. The average molecular weight is 246 g/mol. The topological polar surface area (TPSA) is 43.4 Å². The van der Waals surface area contributed by atoms with Crippen LogP contribution in [0, 0.1) is 11.8 Å². The molecule has 1 aliphatic rings. The van der Waals surface area contributed by atoms with Gasteiger partial charge in [0.2, 0.25) is 0 Å². The Hall–Kier alpha value is -1.64. The van der Waals surface area contributed by atoms with Gasteiger partial charge in [-0.1, -0.05) is 39.0 Å². The minimum atomic E-state index is -0.261. The number of ether oxygens (including phenoxy) is 1. The van der Waals surface area contributed by atoms with Crippen LogP contribution in [-0.2, 0) is 9.59 Å². The number of hydrogen-bond donors (Lipinski definition) is 0. The first-order valence-corrected chi connectivity index (χ1v) is 6.34. The lowest BCUT2D eigenvalue weighted by molar-refractivity contribution is -0.141. The number of ketones is 1. The Morgan fingerprint density at radius 3 is 2.67 bits per heavy atom. The molecule has 0 aromatic heterocycles. The SMILES string of the molecule is CC(C)C(=O)CC1c2ccccc2OC(=O)C1C. The van der Waals surface area contributed by atoms with E-state index in [-0.39, 0.29) is 29.5 Å². The minimum absolute atomic E-state index is 0.00214. The van der Waals surface area contributed by atoms with Crippen LogP contribution in [0.3, 0.4) is 0 Å². The van der Waals surface area contributed by atoms with Crippen LogP contribution >= 0.6 is 0 Å². The minimum Gasteiger partial charge on any atom is -0.426 e. The van der Waals surface area contributed by atoms with Crippen molar-refractivity contribution in [2.45, 2.75) is 33.1 Å². The summed E-state index contributed by atoms with van der Waals surface area (Å²) in [5, 5.41) is 0. The fourth-order valence-corrected chi connectivity index (χ4v) is 2.25. The van der Waals surface area contributed by atoms with Gasteiger partial charge in [0.25, 0.3) is 0 Å². The van der Waals surface area contributed by atoms with Crippen molar-refractivity contribution in [3.8, 4) is 5.75 Å². The first-order valence-electron chi connectivity index (χ1n) is 6.34. The van der Waals surface area contributed by atoms with E-state index in [0.717, 1.165) is 5.56 Å². The number of Topliss-reactive ketones (excluding diaryl/α,β-unsaturated/α-hetero) is 1. The lowest BCUT2D eigenvalue weighted by Gasteiger charge is -2.29. The highest BCUT2D eigenvalue weighted by molar-refractivity contribution is 5.84. The summed E-state index contributed by atoms with van der Waals surface area (Å²) in [5.41, 5.74) is 0.971. The Kier molecular flexibility index (Phi) is 3.50. The molecule has 2 unspecified atom stereocenters. The number of rotatable bonds is 3. The van der Waals surface area contributed by atoms with E-state index >= 15 is 0 Å². The van der Waals surface area contributed by atoms with Gasteiger partial charge in [-0.05, 0) is 11.6 Å². The quantitative estimate of drug-likeness (QED) is 0.608. The van der Waals surface area contributed by atoms with Crippen LogP contribution in [0.5, 0.6) is 5.75 Å². The second-order valence-corrected chi connectivity index (χ2v) is 5.18. The lowest BCUT2D eigenvalue weighted by Crippen LogP contribution is -2.31. The van der Waals surface area contributed by atoms with Crippen LogP contribution in [0.1, 0.15) is 38.7 Å². The predicted molar refractivity (Wildman–Crippen MR) is 68.4 cm³/mol. The van der Waals surface area contributed by atoms with Crippen LogP contribution in [-0.4, -0.2) is 11.8 Å². The van der Waals surface area contributed by atoms with Gasteiger partial charge in [0, 0.05) is 18.3 Å². The molecule has 18 heavy (non-hydrogen) atoms. The summed E-state index contributed by atoms with van der Waals surface area (Å²) < 4.78 is 5.27. The van der Waals surface area contributed by atoms with E-state index in [4.69, 9.17) is 4.74 Å². The highest BCUT2D eigenvalue weighted by atomic mass is 16.5. The van der Waals surface area contributed by atoms with E-state index < -0.39 is 0 Å². The molecule has 0 N–H and O–H groups in total. The molecular weight excluding hydrogens is 228 g/mol. The van der Waals surface area contributed by atoms with E-state index in [9.17, 15) is 9.59 Å². The number of esters is 1. The zero-order valence-corrected chi connectivity index (χ0v) is 11.0. The maximum Gasteiger partial charge on any atom is 0.314 e. The van der Waals surface area contributed by atoms with Gasteiger partial charge < -0.3 is 4.74 Å². The Bertz CT molecular complexity index is 476. The Morgan fingerprint density at radius 2 is 2.00 bits per heavy atom. The third-order valence-corrected chi connectivity index (χ3v) is 3.57. The fourth-order valence-electron chi connectivity index (χ4n) is 2.25. The normalized spacial score (nSPS) is 22.6. The second-order valence-electron chi connectivity index (χ2n) is 5.18. The van der Waals surface area contributed by atoms with E-state index in [2.05, 4.69) is 0 Å². The Labute approximate surface area is 107 Å². The van der Waals surface area contributed by atoms with Crippen LogP contribution in [0.4, 0.5) is 0 Å². The third kappa shape index (κ3) is 2.30. The smallest absolute Gasteiger partial charge is 0.314 e. The lowest BCUT2D eigenvalue weighted by atomic mass is 9.80. The molecule has 0 fully saturated rings. The van der Waals surface area contributed by atoms with Crippen molar-refractivity contribution in [1.29, 1.82) is 0 Å². The molecule has 1 aromatic carbocycles. The number of fused-ring (bicyclic) bond motifs is 1. The average Bonchev–Trinajstić information content (AvgIpc) is 2.34. The van der Waals surface area contributed by atoms with E-state index in [1.165, 1.54) is 0 Å². The standard InChI is InChI=1S/C15H18O3/c1-9(2)13(16)8-12-10(3)15(17)18-14-7-5-4-6-11(12)14/h4-7,9-10,12H,8H2,1-3H3. The zero-order valence-electron chi connectivity index (χ0n) is 11.0. The van der Waals surface area contributed by atoms with Crippen molar-refractivity contribution in [3.63, 3.8) is 0 Å². The van der Waals surface area contributed by atoms with Crippen LogP contribution in [0.25, 0.3) is 0 Å². The molecular formula is C15H18O3. The van der Waals surface area contributed by atoms with E-state index in [0.29, 0.717) is 12.2 Å². The van der Waals surface area contributed by atoms with E-state index in [1.54, 1.807) is 6.07 Å². The molecule has 0 aliphatic carbocycles. The number of carbonyl (C=O) groups excluding carboxylic acids is 2. The van der Waals surface area contributed by atoms with Gasteiger partial charge in [0.15, 0.2) is 0 Å². The van der Waals surface area contributed by atoms with Gasteiger partial charge in [-0.3, -0.25) is 9.59 Å². The molecule has 0 amide bonds. The van der Waals surface area contributed by atoms with Crippen molar-refractivity contribution in [1.82, 2.24) is 0 Å². The first-order chi connectivity index (χ1) is 8.50. The first kappa shape index (κ1) is 12.8. The van der Waals surface area contributed by atoms with Gasteiger partial charge in [-0.25, -0.2) is 0 Å². The second kappa shape index (κ2) is 4.92. The zero-order chi connectivity index (χ0) is 13.3. The molecule has 0 bridgehead atoms. The van der Waals surface area contributed by atoms with Crippen molar-refractivity contribution in [2.75, 3.05) is 0 Å². The molecule has 3 heteroatoms. The maximum absolute atomic E-state index is 11.9. The summed E-state index contributed by atoms with van der Waals surface area (Å²) in [6.07, 6.45) is 0.408. The highest BCUT2D eigenvalue weighted by Gasteiger charge is 2.35. The van der Waals surface area contributed by atoms with Crippen molar-refractivity contribution in [3.05, 3.63) is 29.8 Å². The third-order valence-electron chi connectivity index (χ3n) is 3.57. The Morgan fingerprint density at radius 1 is 1.33 bits per heavy atom. The Balaban J connectivity index is 2.33. The van der Waals surface area contributed by atoms with Crippen LogP contribution in [0.2, 0.25) is 0 Å². The molecule has 0 spiro atoms. The predicted octanol–water partition coefficient (Wildman–Crippen LogP) is 2.94. The van der Waals surface area contributed by atoms with Gasteiger partial charge in [0.05, 0.1) is 5.92 Å². The van der Waals surface area contributed by atoms with Crippen LogP contribution in [0.15, 0.2) is 24.3 Å². The number of benzene rings is 1.